The minimum Gasteiger partial charge on any atom is -0.505 e. The summed E-state index contributed by atoms with van der Waals surface area (Å²) in [6.07, 6.45) is 4.83. The first-order chi connectivity index (χ1) is 7.65. The number of rotatable bonds is 4. The molecule has 0 spiro atoms. The second-order valence-electron chi connectivity index (χ2n) is 4.08. The van der Waals surface area contributed by atoms with Gasteiger partial charge >= 0.3 is 12.4 Å². The zero-order valence-electron chi connectivity index (χ0n) is 8.82. The van der Waals surface area contributed by atoms with E-state index in [9.17, 15) is 10.2 Å². The molecule has 16 heavy (non-hydrogen) atoms. The Hall–Kier alpha value is -2.08. The number of nitrogens with zero attached hydrogens (tertiary/aromatic N) is 4. The van der Waals surface area contributed by atoms with Gasteiger partial charge in [0.25, 0.3) is 0 Å². The van der Waals surface area contributed by atoms with Crippen LogP contribution in [0.2, 0.25) is 0 Å². The van der Waals surface area contributed by atoms with E-state index in [1.54, 1.807) is 0 Å². The van der Waals surface area contributed by atoms with Gasteiger partial charge in [0.15, 0.2) is 21.5 Å². The number of diazo groups is 2. The molecule has 0 saturated heterocycles. The second kappa shape index (κ2) is 5.72. The largest absolute Gasteiger partial charge is 0.505 e. The third-order valence-corrected chi connectivity index (χ3v) is 2.74. The van der Waals surface area contributed by atoms with E-state index in [-0.39, 0.29) is 11.5 Å². The summed E-state index contributed by atoms with van der Waals surface area (Å²) in [6, 6.07) is 0. The normalized spacial score (nSPS) is 25.4. The van der Waals surface area contributed by atoms with Crippen molar-refractivity contribution in [2.45, 2.75) is 25.7 Å². The van der Waals surface area contributed by atoms with Gasteiger partial charge in [-0.15, -0.1) is 0 Å². The van der Waals surface area contributed by atoms with Crippen LogP contribution in [0.25, 0.3) is 9.95 Å². The number of hydrogen-bond acceptors (Lipinski definition) is 4. The molecule has 84 valence electrons. The van der Waals surface area contributed by atoms with E-state index >= 15 is 0 Å². The fourth-order valence-corrected chi connectivity index (χ4v) is 2.04. The molecular formula is C10H14N4O2+2. The third-order valence-electron chi connectivity index (χ3n) is 2.74. The van der Waals surface area contributed by atoms with Gasteiger partial charge in [0.05, 0.1) is 0 Å². The summed E-state index contributed by atoms with van der Waals surface area (Å²) >= 11 is 0. The monoisotopic (exact) mass is 222 g/mol. The predicted molar refractivity (Wildman–Crippen MR) is 57.0 cm³/mol. The van der Waals surface area contributed by atoms with E-state index in [0.29, 0.717) is 24.7 Å². The lowest BCUT2D eigenvalue weighted by Gasteiger charge is -2.34. The van der Waals surface area contributed by atoms with Crippen molar-refractivity contribution in [3.8, 4) is 0 Å². The zero-order chi connectivity index (χ0) is 12.0. The van der Waals surface area contributed by atoms with Crippen LogP contribution in [0.5, 0.6) is 0 Å². The minimum absolute atomic E-state index is 0.0658. The topological polar surface area (TPSA) is 96.8 Å². The first kappa shape index (κ1) is 12.0. The van der Waals surface area contributed by atoms with Gasteiger partial charge in [-0.05, 0) is 24.7 Å². The smallest absolute Gasteiger partial charge is 0.387 e. The Morgan fingerprint density at radius 2 is 1.38 bits per heavy atom. The number of aliphatic hydroxyl groups excluding tert-OH is 2. The Morgan fingerprint density at radius 1 is 1.00 bits per heavy atom. The van der Waals surface area contributed by atoms with E-state index in [1.807, 2.05) is 0 Å². The van der Waals surface area contributed by atoms with Gasteiger partial charge < -0.3 is 10.2 Å². The molecule has 1 saturated carbocycles. The highest BCUT2D eigenvalue weighted by Gasteiger charge is 2.31. The van der Waals surface area contributed by atoms with E-state index in [1.165, 1.54) is 0 Å². The van der Waals surface area contributed by atoms with Gasteiger partial charge in [-0.1, -0.05) is 0 Å². The van der Waals surface area contributed by atoms with Gasteiger partial charge in [0.2, 0.25) is 10.8 Å². The SMILES string of the molecule is N#[N+]/C=C(\O)CC1CC(C/C(O)=C/[N+]#N)C1. The van der Waals surface area contributed by atoms with Crippen molar-refractivity contribution in [1.82, 2.24) is 0 Å². The van der Waals surface area contributed by atoms with Crippen molar-refractivity contribution in [3.05, 3.63) is 33.9 Å². The molecule has 0 radical (unpaired) electrons. The second-order valence-corrected chi connectivity index (χ2v) is 4.08. The fraction of sp³-hybridized carbons (Fsp3) is 0.600. The molecule has 2 N–H and O–H groups in total. The highest BCUT2D eigenvalue weighted by atomic mass is 16.3. The molecular weight excluding hydrogens is 208 g/mol. The Kier molecular flexibility index (Phi) is 4.28. The molecule has 1 fully saturated rings. The number of aliphatic hydroxyl groups is 2. The Morgan fingerprint density at radius 3 is 1.69 bits per heavy atom. The van der Waals surface area contributed by atoms with E-state index in [2.05, 4.69) is 9.95 Å². The number of allylic oxidation sites excluding steroid dienone is 2. The highest BCUT2D eigenvalue weighted by Crippen LogP contribution is 2.40. The van der Waals surface area contributed by atoms with E-state index in [0.717, 1.165) is 25.2 Å². The van der Waals surface area contributed by atoms with Crippen LogP contribution >= 0.6 is 0 Å². The molecule has 0 aromatic rings. The molecule has 0 bridgehead atoms. The summed E-state index contributed by atoms with van der Waals surface area (Å²) < 4.78 is 0. The Balaban J connectivity index is 2.24. The van der Waals surface area contributed by atoms with Crippen molar-refractivity contribution in [2.75, 3.05) is 0 Å². The third kappa shape index (κ3) is 3.58. The number of hydrogen-bond donors (Lipinski definition) is 2. The fourth-order valence-electron chi connectivity index (χ4n) is 2.04. The molecule has 0 atom stereocenters. The molecule has 0 aliphatic heterocycles. The van der Waals surface area contributed by atoms with Gasteiger partial charge in [-0.3, -0.25) is 0 Å². The van der Waals surface area contributed by atoms with Crippen molar-refractivity contribution in [1.29, 1.82) is 10.8 Å². The first-order valence-electron chi connectivity index (χ1n) is 5.10. The molecule has 0 unspecified atom stereocenters. The summed E-state index contributed by atoms with van der Waals surface area (Å²) in [4.78, 5) is 5.47. The van der Waals surface area contributed by atoms with E-state index < -0.39 is 0 Å². The maximum absolute atomic E-state index is 9.24. The minimum atomic E-state index is 0.0658. The van der Waals surface area contributed by atoms with Crippen molar-refractivity contribution in [3.63, 3.8) is 0 Å². The average Bonchev–Trinajstić information content (AvgIpc) is 2.15. The van der Waals surface area contributed by atoms with Crippen LogP contribution in [-0.4, -0.2) is 10.2 Å². The molecule has 6 heteroatoms. The van der Waals surface area contributed by atoms with Gasteiger partial charge in [0.1, 0.15) is 0 Å². The summed E-state index contributed by atoms with van der Waals surface area (Å²) in [5.41, 5.74) is 0. The zero-order valence-corrected chi connectivity index (χ0v) is 8.82. The Labute approximate surface area is 93.1 Å². The van der Waals surface area contributed by atoms with Gasteiger partial charge in [-0.2, -0.15) is 0 Å². The molecule has 1 aliphatic carbocycles. The molecule has 1 rings (SSSR count). The van der Waals surface area contributed by atoms with Crippen LogP contribution in [0, 0.1) is 22.6 Å². The van der Waals surface area contributed by atoms with Crippen LogP contribution in [0.15, 0.2) is 23.9 Å². The van der Waals surface area contributed by atoms with Crippen molar-refractivity contribution >= 4 is 0 Å². The highest BCUT2D eigenvalue weighted by molar-refractivity contribution is 5.02. The van der Waals surface area contributed by atoms with Gasteiger partial charge in [-0.25, -0.2) is 0 Å². The van der Waals surface area contributed by atoms with Crippen molar-refractivity contribution in [2.24, 2.45) is 11.8 Å². The lowest BCUT2D eigenvalue weighted by molar-refractivity contribution is 0.159. The predicted octanol–water partition coefficient (Wildman–Crippen LogP) is 3.30. The molecule has 0 amide bonds. The van der Waals surface area contributed by atoms with Crippen LogP contribution in [0.1, 0.15) is 25.7 Å². The molecule has 0 heterocycles. The van der Waals surface area contributed by atoms with E-state index in [4.69, 9.17) is 10.8 Å². The molecule has 1 aliphatic rings. The van der Waals surface area contributed by atoms with Crippen LogP contribution < -0.4 is 0 Å². The lowest BCUT2D eigenvalue weighted by Crippen LogP contribution is -2.24. The summed E-state index contributed by atoms with van der Waals surface area (Å²) in [7, 11) is 0. The van der Waals surface area contributed by atoms with Crippen LogP contribution in [0.3, 0.4) is 0 Å². The molecule has 6 nitrogen and oxygen atoms in total. The molecule has 0 aromatic carbocycles. The quantitative estimate of drug-likeness (QED) is 0.563. The van der Waals surface area contributed by atoms with Crippen LogP contribution in [-0.2, 0) is 0 Å². The summed E-state index contributed by atoms with van der Waals surface area (Å²) in [5.74, 6) is 0.857. The molecule has 0 aromatic heterocycles. The maximum Gasteiger partial charge on any atom is 0.387 e. The maximum atomic E-state index is 9.24. The lowest BCUT2D eigenvalue weighted by atomic mass is 9.71. The average molecular weight is 222 g/mol. The standard InChI is InChI=1S/C10H12N4O2/c11-13-5-9(15)3-7-1-8(2-7)4-10(16)6-14-12/h5-8H,1-4H2/p+2/b9-5-,10-6-. The van der Waals surface area contributed by atoms with Crippen molar-refractivity contribution < 1.29 is 10.2 Å². The van der Waals surface area contributed by atoms with Crippen LogP contribution in [0.4, 0.5) is 0 Å². The summed E-state index contributed by atoms with van der Waals surface area (Å²) in [5, 5.41) is 34.8. The first-order valence-corrected chi connectivity index (χ1v) is 5.10. The van der Waals surface area contributed by atoms with Gasteiger partial charge in [0, 0.05) is 12.8 Å². The Bertz CT molecular complexity index is 347. The summed E-state index contributed by atoms with van der Waals surface area (Å²) in [6.45, 7) is 0.